The lowest BCUT2D eigenvalue weighted by molar-refractivity contribution is -0.158. The number of likely N-dealkylation sites (tertiary alicyclic amines) is 1. The average molecular weight is 573 g/mol. The van der Waals surface area contributed by atoms with E-state index in [0.29, 0.717) is 24.2 Å². The highest BCUT2D eigenvalue weighted by Crippen LogP contribution is 2.64. The van der Waals surface area contributed by atoms with E-state index in [4.69, 9.17) is 19.3 Å². The standard InChI is InChI=1S/C29H36N2O10/c1-15(27(36)37)30-26(35)16(2)39-21(33)7-8-22(34)40-19-9-11-29(38)20-13-17-5-6-18(14-32)24-23(17)28(29,25(19)41-24)10-4-12-31(20)3/h5-6,9,15-16,20,25,32,38H,4,7-8,10-14H2,1-3H3,(H,30,35)(H,36,37)/t15-,16-,20+,25-,28-,29+/m0/s1. The Labute approximate surface area is 237 Å². The van der Waals surface area contributed by atoms with Crippen molar-refractivity contribution in [2.24, 2.45) is 0 Å². The summed E-state index contributed by atoms with van der Waals surface area (Å²) in [6, 6.07) is 2.50. The molecular formula is C29H36N2O10. The molecule has 2 aliphatic carbocycles. The molecule has 6 atom stereocenters. The fourth-order valence-corrected chi connectivity index (χ4v) is 6.97. The second-order valence-corrected chi connectivity index (χ2v) is 11.4. The molecule has 0 radical (unpaired) electrons. The summed E-state index contributed by atoms with van der Waals surface area (Å²) in [6.07, 6.45) is 1.25. The van der Waals surface area contributed by atoms with Crippen LogP contribution in [0, 0.1) is 0 Å². The van der Waals surface area contributed by atoms with Crippen molar-refractivity contribution in [3.8, 4) is 5.75 Å². The van der Waals surface area contributed by atoms with E-state index in [9.17, 15) is 29.4 Å². The Morgan fingerprint density at radius 1 is 1.20 bits per heavy atom. The van der Waals surface area contributed by atoms with Crippen molar-refractivity contribution in [3.05, 3.63) is 40.7 Å². The van der Waals surface area contributed by atoms with Gasteiger partial charge < -0.3 is 39.7 Å². The summed E-state index contributed by atoms with van der Waals surface area (Å²) in [6.45, 7) is 3.14. The summed E-state index contributed by atoms with van der Waals surface area (Å²) in [5.74, 6) is -2.72. The van der Waals surface area contributed by atoms with Gasteiger partial charge in [-0.15, -0.1) is 0 Å². The van der Waals surface area contributed by atoms with Crippen LogP contribution in [0.2, 0.25) is 0 Å². The van der Waals surface area contributed by atoms with Crippen LogP contribution in [0.25, 0.3) is 0 Å². The summed E-state index contributed by atoms with van der Waals surface area (Å²) in [5.41, 5.74) is 0.502. The molecule has 1 saturated heterocycles. The largest absolute Gasteiger partial charge is 0.481 e. The minimum Gasteiger partial charge on any atom is -0.481 e. The SMILES string of the molecule is C[C@H](NC(=O)[C@H](C)OC(=O)CCC(=O)OC1=CC[C@@]2(O)[C@H]3Cc4ccc(CO)c5c4[C@@]2(CCCN3C)[C@H]1O5)C(=O)O. The highest BCUT2D eigenvalue weighted by Gasteiger charge is 2.70. The van der Waals surface area contributed by atoms with Crippen molar-refractivity contribution in [1.29, 1.82) is 0 Å². The van der Waals surface area contributed by atoms with Gasteiger partial charge in [-0.2, -0.15) is 0 Å². The molecule has 12 heteroatoms. The Morgan fingerprint density at radius 3 is 2.63 bits per heavy atom. The zero-order valence-electron chi connectivity index (χ0n) is 23.3. The first-order chi connectivity index (χ1) is 19.4. The van der Waals surface area contributed by atoms with Gasteiger partial charge in [0.1, 0.15) is 17.6 Å². The smallest absolute Gasteiger partial charge is 0.325 e. The Morgan fingerprint density at radius 2 is 1.93 bits per heavy atom. The van der Waals surface area contributed by atoms with Gasteiger partial charge in [-0.05, 0) is 58.3 Å². The van der Waals surface area contributed by atoms with E-state index in [1.54, 1.807) is 6.08 Å². The number of nitrogens with one attached hydrogen (secondary N) is 1. The second-order valence-electron chi connectivity index (χ2n) is 11.4. The number of benzene rings is 1. The van der Waals surface area contributed by atoms with Crippen molar-refractivity contribution >= 4 is 23.8 Å². The van der Waals surface area contributed by atoms with Gasteiger partial charge in [-0.1, -0.05) is 12.1 Å². The van der Waals surface area contributed by atoms with Crippen LogP contribution < -0.4 is 10.1 Å². The summed E-state index contributed by atoms with van der Waals surface area (Å²) < 4.78 is 17.3. The molecule has 4 N–H and O–H groups in total. The third kappa shape index (κ3) is 4.67. The van der Waals surface area contributed by atoms with E-state index in [1.807, 2.05) is 19.2 Å². The van der Waals surface area contributed by atoms with Gasteiger partial charge in [0.25, 0.3) is 5.91 Å². The van der Waals surface area contributed by atoms with Crippen LogP contribution in [0.1, 0.15) is 62.6 Å². The van der Waals surface area contributed by atoms with E-state index in [0.717, 1.165) is 24.1 Å². The molecule has 5 rings (SSSR count). The zero-order chi connectivity index (χ0) is 29.7. The number of likely N-dealkylation sites (N-methyl/N-ethyl adjacent to an activating group) is 1. The molecule has 0 aromatic heterocycles. The molecule has 41 heavy (non-hydrogen) atoms. The molecule has 1 aromatic rings. The topological polar surface area (TPSA) is 172 Å². The average Bonchev–Trinajstić information content (AvgIpc) is 3.27. The number of aliphatic hydroxyl groups excluding tert-OH is 1. The molecule has 0 unspecified atom stereocenters. The van der Waals surface area contributed by atoms with E-state index in [-0.39, 0.29) is 37.7 Å². The number of amides is 1. The van der Waals surface area contributed by atoms with Crippen molar-refractivity contribution in [1.82, 2.24) is 10.2 Å². The van der Waals surface area contributed by atoms with E-state index >= 15 is 0 Å². The summed E-state index contributed by atoms with van der Waals surface area (Å²) in [4.78, 5) is 50.3. The van der Waals surface area contributed by atoms with Crippen LogP contribution in [0.5, 0.6) is 5.75 Å². The fraction of sp³-hybridized carbons (Fsp3) is 0.586. The predicted octanol–water partition coefficient (Wildman–Crippen LogP) is 0.691. The monoisotopic (exact) mass is 572 g/mol. The first kappa shape index (κ1) is 29.0. The van der Waals surface area contributed by atoms with Crippen LogP contribution in [0.3, 0.4) is 0 Å². The van der Waals surface area contributed by atoms with Crippen LogP contribution in [0.4, 0.5) is 0 Å². The van der Waals surface area contributed by atoms with Gasteiger partial charge in [-0.25, -0.2) is 0 Å². The molecule has 1 aromatic carbocycles. The van der Waals surface area contributed by atoms with Gasteiger partial charge in [-0.3, -0.25) is 19.2 Å². The van der Waals surface area contributed by atoms with E-state index in [1.165, 1.54) is 13.8 Å². The highest BCUT2D eigenvalue weighted by atomic mass is 16.6. The fourth-order valence-electron chi connectivity index (χ4n) is 6.97. The number of ether oxygens (including phenoxy) is 3. The third-order valence-electron chi connectivity index (χ3n) is 9.02. The number of rotatable bonds is 9. The Balaban J connectivity index is 1.31. The molecule has 2 heterocycles. The van der Waals surface area contributed by atoms with Crippen LogP contribution in [-0.2, 0) is 47.1 Å². The van der Waals surface area contributed by atoms with Gasteiger partial charge in [0.05, 0.1) is 30.5 Å². The van der Waals surface area contributed by atoms with Gasteiger partial charge in [0.15, 0.2) is 12.2 Å². The number of aliphatic carboxylic acids is 1. The highest BCUT2D eigenvalue weighted by molar-refractivity contribution is 5.87. The number of nitrogens with zero attached hydrogens (tertiary/aromatic N) is 1. The molecule has 2 bridgehead atoms. The molecule has 1 amide bonds. The Hall–Kier alpha value is -3.48. The Bertz CT molecular complexity index is 1310. The number of hydrogen-bond acceptors (Lipinski definition) is 10. The number of hydrogen-bond donors (Lipinski definition) is 4. The molecule has 1 fully saturated rings. The second kappa shape index (κ2) is 10.7. The lowest BCUT2D eigenvalue weighted by Gasteiger charge is -2.56. The molecule has 4 aliphatic rings. The van der Waals surface area contributed by atoms with Crippen molar-refractivity contribution in [2.45, 2.75) is 94.3 Å². The lowest BCUT2D eigenvalue weighted by atomic mass is 9.52. The summed E-state index contributed by atoms with van der Waals surface area (Å²) in [5, 5.41) is 33.5. The first-order valence-electron chi connectivity index (χ1n) is 13.9. The number of carbonyl (C=O) groups excluding carboxylic acids is 3. The normalized spacial score (nSPS) is 29.1. The minimum absolute atomic E-state index is 0.171. The van der Waals surface area contributed by atoms with E-state index < -0.39 is 53.1 Å². The van der Waals surface area contributed by atoms with Crippen LogP contribution in [0.15, 0.2) is 24.0 Å². The maximum Gasteiger partial charge on any atom is 0.325 e. The van der Waals surface area contributed by atoms with E-state index in [2.05, 4.69) is 10.2 Å². The molecule has 2 aliphatic heterocycles. The van der Waals surface area contributed by atoms with Gasteiger partial charge in [0.2, 0.25) is 0 Å². The van der Waals surface area contributed by atoms with Crippen molar-refractivity contribution in [3.63, 3.8) is 0 Å². The number of aliphatic hydroxyl groups is 2. The number of carboxylic acid groups (broad SMARTS) is 1. The maximum atomic E-state index is 12.9. The summed E-state index contributed by atoms with van der Waals surface area (Å²) in [7, 11) is 2.01. The Kier molecular flexibility index (Phi) is 7.60. The van der Waals surface area contributed by atoms with Gasteiger partial charge >= 0.3 is 17.9 Å². The third-order valence-corrected chi connectivity index (χ3v) is 9.02. The van der Waals surface area contributed by atoms with Crippen molar-refractivity contribution < 1.29 is 48.7 Å². The zero-order valence-corrected chi connectivity index (χ0v) is 23.3. The molecular weight excluding hydrogens is 536 g/mol. The molecule has 0 saturated carbocycles. The minimum atomic E-state index is -1.24. The number of carboxylic acids is 1. The first-order valence-corrected chi connectivity index (χ1v) is 13.9. The lowest BCUT2D eigenvalue weighted by Crippen LogP contribution is -2.69. The number of esters is 2. The molecule has 1 spiro atoms. The molecule has 12 nitrogen and oxygen atoms in total. The number of carbonyl (C=O) groups is 4. The van der Waals surface area contributed by atoms with Gasteiger partial charge in [0, 0.05) is 23.6 Å². The van der Waals surface area contributed by atoms with Crippen LogP contribution >= 0.6 is 0 Å². The quantitative estimate of drug-likeness (QED) is 0.307. The van der Waals surface area contributed by atoms with Crippen molar-refractivity contribution in [2.75, 3.05) is 13.6 Å². The van der Waals surface area contributed by atoms with Crippen LogP contribution in [-0.4, -0.2) is 87.5 Å². The molecule has 222 valence electrons. The summed E-state index contributed by atoms with van der Waals surface area (Å²) >= 11 is 0. The predicted molar refractivity (Wildman–Crippen MR) is 142 cm³/mol. The maximum absolute atomic E-state index is 12.9.